The summed E-state index contributed by atoms with van der Waals surface area (Å²) in [5, 5.41) is 7.76. The Morgan fingerprint density at radius 1 is 0.833 bits per heavy atom. The van der Waals surface area contributed by atoms with Gasteiger partial charge in [-0.15, -0.1) is 5.10 Å². The Labute approximate surface area is 113 Å². The third-order valence-electron chi connectivity index (χ3n) is 2.73. The van der Waals surface area contributed by atoms with E-state index in [0.29, 0.717) is 0 Å². The fraction of sp³-hybridized carbons (Fsp3) is 0. The van der Waals surface area contributed by atoms with Crippen molar-refractivity contribution >= 4 is 15.9 Å². The summed E-state index contributed by atoms with van der Waals surface area (Å²) in [7, 11) is 0. The number of aromatic nitrogens is 3. The van der Waals surface area contributed by atoms with Gasteiger partial charge in [0.2, 0.25) is 0 Å². The normalized spacial score (nSPS) is 10.5. The Morgan fingerprint density at radius 3 is 2.00 bits per heavy atom. The third kappa shape index (κ3) is 2.19. The number of hydrogen-bond donors (Lipinski definition) is 0. The number of rotatable bonds is 2. The molecule has 0 N–H and O–H groups in total. The molecule has 0 spiro atoms. The summed E-state index contributed by atoms with van der Waals surface area (Å²) in [6, 6.07) is 16.5. The molecule has 2 aromatic carbocycles. The van der Waals surface area contributed by atoms with Gasteiger partial charge in [0.05, 0.1) is 18.1 Å². The van der Waals surface area contributed by atoms with E-state index < -0.39 is 0 Å². The third-order valence-corrected chi connectivity index (χ3v) is 3.26. The van der Waals surface area contributed by atoms with Crippen molar-refractivity contribution in [3.05, 3.63) is 65.4 Å². The molecule has 0 unspecified atom stereocenters. The second kappa shape index (κ2) is 4.74. The zero-order valence-corrected chi connectivity index (χ0v) is 11.1. The molecule has 0 aliphatic heterocycles. The highest BCUT2D eigenvalue weighted by atomic mass is 79.9. The lowest BCUT2D eigenvalue weighted by Crippen LogP contribution is -1.94. The number of hydrogen-bond acceptors (Lipinski definition) is 2. The topological polar surface area (TPSA) is 30.7 Å². The number of benzene rings is 2. The first-order valence-electron chi connectivity index (χ1n) is 5.56. The van der Waals surface area contributed by atoms with E-state index in [4.69, 9.17) is 0 Å². The summed E-state index contributed by atoms with van der Waals surface area (Å²) in [4.78, 5) is 0. The van der Waals surface area contributed by atoms with Crippen molar-refractivity contribution in [2.24, 2.45) is 0 Å². The summed E-state index contributed by atoms with van der Waals surface area (Å²) in [6.07, 6.45) is 3.50. The van der Waals surface area contributed by atoms with E-state index in [1.807, 2.05) is 30.5 Å². The lowest BCUT2D eigenvalue weighted by molar-refractivity contribution is 0.803. The molecule has 88 valence electrons. The molecule has 4 heteroatoms. The first-order chi connectivity index (χ1) is 8.83. The molecule has 0 bridgehead atoms. The predicted molar refractivity (Wildman–Crippen MR) is 74.5 cm³/mol. The van der Waals surface area contributed by atoms with Crippen LogP contribution in [0, 0.1) is 0 Å². The summed E-state index contributed by atoms with van der Waals surface area (Å²) >= 11 is 3.44. The van der Waals surface area contributed by atoms with E-state index in [2.05, 4.69) is 50.5 Å². The predicted octanol–water partition coefficient (Wildman–Crippen LogP) is 3.70. The Balaban J connectivity index is 1.94. The van der Waals surface area contributed by atoms with Gasteiger partial charge in [-0.2, -0.15) is 0 Å². The standard InChI is InChI=1S/C14H10BrN3/c15-13-5-1-11(2-6-13)12-3-7-14(8-4-12)18-10-9-16-17-18/h1-10H. The molecule has 0 saturated heterocycles. The second-order valence-electron chi connectivity index (χ2n) is 3.90. The van der Waals surface area contributed by atoms with E-state index in [1.165, 1.54) is 11.1 Å². The average molecular weight is 300 g/mol. The van der Waals surface area contributed by atoms with Gasteiger partial charge in [-0.1, -0.05) is 45.4 Å². The molecule has 0 atom stereocenters. The Kier molecular flexibility index (Phi) is 2.94. The lowest BCUT2D eigenvalue weighted by Gasteiger charge is -2.04. The van der Waals surface area contributed by atoms with Crippen molar-refractivity contribution in [2.75, 3.05) is 0 Å². The fourth-order valence-electron chi connectivity index (χ4n) is 1.79. The largest absolute Gasteiger partial charge is 0.221 e. The highest BCUT2D eigenvalue weighted by molar-refractivity contribution is 9.10. The Morgan fingerprint density at radius 2 is 1.44 bits per heavy atom. The summed E-state index contributed by atoms with van der Waals surface area (Å²) in [6.45, 7) is 0. The van der Waals surface area contributed by atoms with Crippen molar-refractivity contribution in [3.8, 4) is 16.8 Å². The van der Waals surface area contributed by atoms with Gasteiger partial charge in [0, 0.05) is 4.47 Å². The summed E-state index contributed by atoms with van der Waals surface area (Å²) in [5.41, 5.74) is 3.39. The van der Waals surface area contributed by atoms with Gasteiger partial charge in [-0.05, 0) is 35.4 Å². The molecular weight excluding hydrogens is 290 g/mol. The van der Waals surface area contributed by atoms with E-state index in [9.17, 15) is 0 Å². The zero-order chi connectivity index (χ0) is 12.4. The van der Waals surface area contributed by atoms with Crippen LogP contribution in [-0.2, 0) is 0 Å². The first-order valence-corrected chi connectivity index (χ1v) is 6.35. The van der Waals surface area contributed by atoms with Crippen LogP contribution in [-0.4, -0.2) is 15.0 Å². The zero-order valence-electron chi connectivity index (χ0n) is 9.49. The Hall–Kier alpha value is -1.94. The van der Waals surface area contributed by atoms with Crippen molar-refractivity contribution in [1.82, 2.24) is 15.0 Å². The molecule has 18 heavy (non-hydrogen) atoms. The molecule has 0 saturated carbocycles. The van der Waals surface area contributed by atoms with E-state index >= 15 is 0 Å². The SMILES string of the molecule is Brc1ccc(-c2ccc(-n3ccnn3)cc2)cc1. The van der Waals surface area contributed by atoms with E-state index in [0.717, 1.165) is 10.2 Å². The molecule has 3 rings (SSSR count). The van der Waals surface area contributed by atoms with Crippen LogP contribution in [0.25, 0.3) is 16.8 Å². The van der Waals surface area contributed by atoms with Crippen molar-refractivity contribution in [2.45, 2.75) is 0 Å². The van der Waals surface area contributed by atoms with Crippen LogP contribution >= 0.6 is 15.9 Å². The average Bonchev–Trinajstić information content (AvgIpc) is 2.94. The smallest absolute Gasteiger partial charge is 0.0697 e. The van der Waals surface area contributed by atoms with Crippen molar-refractivity contribution in [3.63, 3.8) is 0 Å². The Bertz CT molecular complexity index is 628. The minimum absolute atomic E-state index is 1.01. The van der Waals surface area contributed by atoms with Crippen LogP contribution < -0.4 is 0 Å². The monoisotopic (exact) mass is 299 g/mol. The molecular formula is C14H10BrN3. The van der Waals surface area contributed by atoms with Gasteiger partial charge < -0.3 is 0 Å². The number of nitrogens with zero attached hydrogens (tertiary/aromatic N) is 3. The van der Waals surface area contributed by atoms with Crippen LogP contribution in [0.2, 0.25) is 0 Å². The quantitative estimate of drug-likeness (QED) is 0.722. The van der Waals surface area contributed by atoms with Gasteiger partial charge in [0.1, 0.15) is 0 Å². The maximum Gasteiger partial charge on any atom is 0.0697 e. The van der Waals surface area contributed by atoms with Gasteiger partial charge in [-0.25, -0.2) is 4.68 Å². The highest BCUT2D eigenvalue weighted by Gasteiger charge is 2.00. The molecule has 3 nitrogen and oxygen atoms in total. The molecule has 0 radical (unpaired) electrons. The van der Waals surface area contributed by atoms with Crippen LogP contribution in [0.4, 0.5) is 0 Å². The van der Waals surface area contributed by atoms with Gasteiger partial charge >= 0.3 is 0 Å². The van der Waals surface area contributed by atoms with Crippen LogP contribution in [0.5, 0.6) is 0 Å². The molecule has 0 fully saturated rings. The lowest BCUT2D eigenvalue weighted by atomic mass is 10.1. The van der Waals surface area contributed by atoms with E-state index in [-0.39, 0.29) is 0 Å². The molecule has 1 heterocycles. The maximum atomic E-state index is 3.96. The van der Waals surface area contributed by atoms with Gasteiger partial charge in [0.15, 0.2) is 0 Å². The highest BCUT2D eigenvalue weighted by Crippen LogP contribution is 2.22. The molecule has 3 aromatic rings. The fourth-order valence-corrected chi connectivity index (χ4v) is 2.06. The van der Waals surface area contributed by atoms with Gasteiger partial charge in [0.25, 0.3) is 0 Å². The van der Waals surface area contributed by atoms with Crippen molar-refractivity contribution < 1.29 is 0 Å². The van der Waals surface area contributed by atoms with Crippen LogP contribution in [0.15, 0.2) is 65.4 Å². The summed E-state index contributed by atoms with van der Waals surface area (Å²) in [5.74, 6) is 0. The van der Waals surface area contributed by atoms with Gasteiger partial charge in [-0.3, -0.25) is 0 Å². The molecule has 0 amide bonds. The molecule has 0 aliphatic carbocycles. The molecule has 1 aromatic heterocycles. The maximum absolute atomic E-state index is 3.96. The minimum atomic E-state index is 1.01. The second-order valence-corrected chi connectivity index (χ2v) is 4.82. The van der Waals surface area contributed by atoms with Crippen molar-refractivity contribution in [1.29, 1.82) is 0 Å². The molecule has 0 aliphatic rings. The summed E-state index contributed by atoms with van der Waals surface area (Å²) < 4.78 is 2.83. The first kappa shape index (κ1) is 11.2. The van der Waals surface area contributed by atoms with Crippen LogP contribution in [0.1, 0.15) is 0 Å². The van der Waals surface area contributed by atoms with E-state index in [1.54, 1.807) is 10.9 Å². The minimum Gasteiger partial charge on any atom is -0.221 e. The number of halogens is 1. The van der Waals surface area contributed by atoms with Crippen LogP contribution in [0.3, 0.4) is 0 Å².